The number of carbonyl (C=O) groups is 3. The number of ketones is 2. The quantitative estimate of drug-likeness (QED) is 0.568. The first-order valence-electron chi connectivity index (χ1n) is 12.6. The zero-order valence-electron chi connectivity index (χ0n) is 20.6. The number of aliphatic hydroxyl groups is 2. The summed E-state index contributed by atoms with van der Waals surface area (Å²) < 4.78 is 23.3. The zero-order chi connectivity index (χ0) is 25.1. The summed E-state index contributed by atoms with van der Waals surface area (Å²) in [6.07, 6.45) is 5.92. The molecule has 0 aliphatic heterocycles. The Bertz CT molecular complexity index is 957. The molecule has 2 N–H and O–H groups in total. The van der Waals surface area contributed by atoms with Gasteiger partial charge >= 0.3 is 5.97 Å². The SMILES string of the molecule is CCCCC(=O)O[C@]1(C(=O)CO)[C@@H](C)C[C@@H]2[C@@H]3CCC4=CC(=O)C=C[C@]4(C)[C@@]3(F)[C@@H](O)C[C@@]21C. The van der Waals surface area contributed by atoms with Crippen LogP contribution < -0.4 is 0 Å². The molecule has 0 saturated heterocycles. The third-order valence-electron chi connectivity index (χ3n) is 9.75. The molecule has 4 rings (SSSR count). The lowest BCUT2D eigenvalue weighted by Gasteiger charge is -2.62. The Kier molecular flexibility index (Phi) is 6.21. The molecule has 0 heterocycles. The van der Waals surface area contributed by atoms with Gasteiger partial charge in [0.05, 0.1) is 6.10 Å². The first-order chi connectivity index (χ1) is 15.9. The van der Waals surface area contributed by atoms with Crippen LogP contribution in [0.5, 0.6) is 0 Å². The molecule has 0 unspecified atom stereocenters. The van der Waals surface area contributed by atoms with Crippen molar-refractivity contribution < 1.29 is 33.7 Å². The molecule has 0 aromatic rings. The number of alkyl halides is 1. The van der Waals surface area contributed by atoms with Crippen molar-refractivity contribution in [2.45, 2.75) is 90.0 Å². The molecule has 3 saturated carbocycles. The molecule has 188 valence electrons. The van der Waals surface area contributed by atoms with Crippen LogP contribution in [-0.4, -0.2) is 51.7 Å². The molecule has 6 nitrogen and oxygen atoms in total. The highest BCUT2D eigenvalue weighted by Gasteiger charge is 2.77. The number of hydrogen-bond donors (Lipinski definition) is 2. The Hall–Kier alpha value is -1.86. The molecule has 0 radical (unpaired) electrons. The number of carbonyl (C=O) groups excluding carboxylic acids is 3. The number of rotatable bonds is 6. The fraction of sp³-hybridized carbons (Fsp3) is 0.741. The minimum absolute atomic E-state index is 0.0769. The minimum Gasteiger partial charge on any atom is -0.450 e. The van der Waals surface area contributed by atoms with Gasteiger partial charge in [-0.25, -0.2) is 4.39 Å². The summed E-state index contributed by atoms with van der Waals surface area (Å²) in [6.45, 7) is 6.55. The number of unbranched alkanes of at least 4 members (excludes halogenated alkanes) is 1. The van der Waals surface area contributed by atoms with E-state index in [1.54, 1.807) is 13.0 Å². The van der Waals surface area contributed by atoms with Gasteiger partial charge in [-0.1, -0.05) is 38.8 Å². The van der Waals surface area contributed by atoms with E-state index in [2.05, 4.69) is 0 Å². The molecule has 8 atom stereocenters. The van der Waals surface area contributed by atoms with Crippen molar-refractivity contribution in [1.82, 2.24) is 0 Å². The third-order valence-corrected chi connectivity index (χ3v) is 9.75. The average molecular weight is 477 g/mol. The second kappa shape index (κ2) is 8.37. The third kappa shape index (κ3) is 3.08. The number of halogens is 1. The maximum absolute atomic E-state index is 17.3. The summed E-state index contributed by atoms with van der Waals surface area (Å²) in [7, 11) is 0. The highest BCUT2D eigenvalue weighted by atomic mass is 19.1. The molecule has 3 fully saturated rings. The van der Waals surface area contributed by atoms with Crippen molar-refractivity contribution in [2.75, 3.05) is 6.61 Å². The van der Waals surface area contributed by atoms with E-state index in [0.717, 1.165) is 6.42 Å². The van der Waals surface area contributed by atoms with Gasteiger partial charge in [-0.2, -0.15) is 0 Å². The van der Waals surface area contributed by atoms with Crippen LogP contribution in [0.1, 0.15) is 72.6 Å². The number of allylic oxidation sites excluding steroid dienone is 4. The van der Waals surface area contributed by atoms with E-state index in [1.165, 1.54) is 12.2 Å². The Morgan fingerprint density at radius 2 is 1.97 bits per heavy atom. The monoisotopic (exact) mass is 476 g/mol. The van der Waals surface area contributed by atoms with Crippen molar-refractivity contribution in [3.63, 3.8) is 0 Å². The van der Waals surface area contributed by atoms with Crippen LogP contribution >= 0.6 is 0 Å². The van der Waals surface area contributed by atoms with E-state index in [4.69, 9.17) is 4.74 Å². The van der Waals surface area contributed by atoms with Gasteiger partial charge in [-0.3, -0.25) is 14.4 Å². The van der Waals surface area contributed by atoms with Gasteiger partial charge < -0.3 is 14.9 Å². The van der Waals surface area contributed by atoms with Crippen LogP contribution in [-0.2, 0) is 19.1 Å². The topological polar surface area (TPSA) is 101 Å². The molecule has 0 amide bonds. The predicted octanol–water partition coefficient (Wildman–Crippen LogP) is 3.64. The lowest BCUT2D eigenvalue weighted by atomic mass is 9.44. The summed E-state index contributed by atoms with van der Waals surface area (Å²) in [4.78, 5) is 38.1. The molecule has 0 aromatic heterocycles. The first kappa shape index (κ1) is 25.2. The Morgan fingerprint density at radius 3 is 2.62 bits per heavy atom. The van der Waals surface area contributed by atoms with E-state index >= 15 is 4.39 Å². The number of hydrogen-bond acceptors (Lipinski definition) is 6. The fourth-order valence-corrected chi connectivity index (χ4v) is 8.07. The smallest absolute Gasteiger partial charge is 0.306 e. The van der Waals surface area contributed by atoms with Crippen LogP contribution in [0.2, 0.25) is 0 Å². The van der Waals surface area contributed by atoms with Crippen LogP contribution in [0, 0.1) is 28.6 Å². The fourth-order valence-electron chi connectivity index (χ4n) is 8.07. The highest BCUT2D eigenvalue weighted by Crippen LogP contribution is 2.71. The zero-order valence-corrected chi connectivity index (χ0v) is 20.6. The average Bonchev–Trinajstić information content (AvgIpc) is 3.00. The van der Waals surface area contributed by atoms with Gasteiger partial charge in [0.15, 0.2) is 17.1 Å². The maximum Gasteiger partial charge on any atom is 0.306 e. The molecular weight excluding hydrogens is 439 g/mol. The summed E-state index contributed by atoms with van der Waals surface area (Å²) >= 11 is 0. The number of fused-ring (bicyclic) bond motifs is 5. The minimum atomic E-state index is -2.03. The van der Waals surface area contributed by atoms with Crippen molar-refractivity contribution >= 4 is 17.5 Å². The summed E-state index contributed by atoms with van der Waals surface area (Å²) in [5, 5.41) is 21.4. The van der Waals surface area contributed by atoms with E-state index in [1.807, 2.05) is 20.8 Å². The maximum atomic E-state index is 17.3. The summed E-state index contributed by atoms with van der Waals surface area (Å²) in [5.74, 6) is -2.62. The van der Waals surface area contributed by atoms with Crippen LogP contribution in [0.4, 0.5) is 4.39 Å². The normalized spacial score (nSPS) is 45.1. The Labute approximate surface area is 200 Å². The summed E-state index contributed by atoms with van der Waals surface area (Å²) in [5.41, 5.74) is -5.11. The molecule has 7 heteroatoms. The van der Waals surface area contributed by atoms with Gasteiger partial charge in [0, 0.05) is 29.1 Å². The van der Waals surface area contributed by atoms with Crippen LogP contribution in [0.15, 0.2) is 23.8 Å². The second-order valence-corrected chi connectivity index (χ2v) is 11.3. The number of Topliss-reactive ketones (excluding diaryl/α,β-unsaturated/α-hetero) is 1. The van der Waals surface area contributed by atoms with Crippen molar-refractivity contribution in [2.24, 2.45) is 28.6 Å². The Balaban J connectivity index is 1.80. The van der Waals surface area contributed by atoms with Gasteiger partial charge in [-0.05, 0) is 57.1 Å². The van der Waals surface area contributed by atoms with Crippen LogP contribution in [0.25, 0.3) is 0 Å². The van der Waals surface area contributed by atoms with E-state index in [0.29, 0.717) is 31.3 Å². The van der Waals surface area contributed by atoms with E-state index in [9.17, 15) is 24.6 Å². The van der Waals surface area contributed by atoms with Gasteiger partial charge in [-0.15, -0.1) is 0 Å². The van der Waals surface area contributed by atoms with E-state index in [-0.39, 0.29) is 24.5 Å². The van der Waals surface area contributed by atoms with Gasteiger partial charge in [0.2, 0.25) is 5.78 Å². The Morgan fingerprint density at radius 1 is 1.26 bits per heavy atom. The second-order valence-electron chi connectivity index (χ2n) is 11.3. The molecule has 4 aliphatic carbocycles. The number of aliphatic hydroxyl groups excluding tert-OH is 2. The lowest BCUT2D eigenvalue weighted by molar-refractivity contribution is -0.228. The molecule has 0 bridgehead atoms. The van der Waals surface area contributed by atoms with Gasteiger partial charge in [0.25, 0.3) is 0 Å². The largest absolute Gasteiger partial charge is 0.450 e. The van der Waals surface area contributed by atoms with E-state index < -0.39 is 58.4 Å². The number of ether oxygens (including phenoxy) is 1. The molecule has 0 spiro atoms. The molecule has 4 aliphatic rings. The predicted molar refractivity (Wildman–Crippen MR) is 123 cm³/mol. The molecule has 34 heavy (non-hydrogen) atoms. The van der Waals surface area contributed by atoms with Crippen molar-refractivity contribution in [3.8, 4) is 0 Å². The van der Waals surface area contributed by atoms with Crippen molar-refractivity contribution in [1.29, 1.82) is 0 Å². The molecular formula is C27H37FO6. The first-order valence-corrected chi connectivity index (χ1v) is 12.6. The van der Waals surface area contributed by atoms with Gasteiger partial charge in [0.1, 0.15) is 6.61 Å². The molecule has 0 aromatic carbocycles. The lowest BCUT2D eigenvalue weighted by Crippen LogP contribution is -2.70. The highest BCUT2D eigenvalue weighted by molar-refractivity contribution is 6.01. The van der Waals surface area contributed by atoms with Crippen LogP contribution in [0.3, 0.4) is 0 Å². The summed E-state index contributed by atoms with van der Waals surface area (Å²) in [6, 6.07) is 0. The number of esters is 1. The standard InChI is InChI=1S/C27H37FO6/c1-5-6-7-23(33)34-27(22(32)15-29)16(2)12-20-19-9-8-17-13-18(30)10-11-24(17,3)26(19,28)21(31)14-25(20,27)4/h10-11,13,16,19-21,29,31H,5-9,12,14-15H2,1-4H3/t16-,19-,20+,21-,24-,25-,26-,27-/m0/s1. The van der Waals surface area contributed by atoms with Crippen molar-refractivity contribution in [3.05, 3.63) is 23.8 Å².